The molecule has 0 bridgehead atoms. The molecule has 0 aliphatic heterocycles. The molecule has 4 nitrogen and oxygen atoms in total. The maximum atomic E-state index is 11.3. The average Bonchev–Trinajstić information content (AvgIpc) is 2.70. The number of thiophene rings is 1. The fourth-order valence-electron chi connectivity index (χ4n) is 1.11. The van der Waals surface area contributed by atoms with E-state index in [0.717, 1.165) is 11.3 Å². The summed E-state index contributed by atoms with van der Waals surface area (Å²) in [7, 11) is 0. The Hall–Kier alpha value is -1.36. The Morgan fingerprint density at radius 1 is 1.47 bits per heavy atom. The van der Waals surface area contributed by atoms with Crippen LogP contribution in [0.2, 0.25) is 0 Å². The predicted octanol–water partition coefficient (Wildman–Crippen LogP) is 0.543. The van der Waals surface area contributed by atoms with E-state index >= 15 is 0 Å². The average molecular weight is 226 g/mol. The Balaban J connectivity index is 2.06. The standard InChI is InChI=1S/C10H14N2O2S/c13-8-11-4-2-5-12-10(14)7-9-3-1-6-15-9/h1,3,6,8H,2,4-5,7H2,(H,11,13)(H,12,14). The number of amides is 2. The van der Waals surface area contributed by atoms with Crippen LogP contribution in [0.3, 0.4) is 0 Å². The van der Waals surface area contributed by atoms with Crippen LogP contribution in [0.5, 0.6) is 0 Å². The molecule has 0 fully saturated rings. The maximum Gasteiger partial charge on any atom is 0.225 e. The van der Waals surface area contributed by atoms with Gasteiger partial charge < -0.3 is 10.6 Å². The van der Waals surface area contributed by atoms with Crippen molar-refractivity contribution in [3.63, 3.8) is 0 Å². The van der Waals surface area contributed by atoms with Gasteiger partial charge in [0.2, 0.25) is 12.3 Å². The third-order valence-corrected chi connectivity index (χ3v) is 2.69. The van der Waals surface area contributed by atoms with Crippen molar-refractivity contribution in [1.29, 1.82) is 0 Å². The Bertz CT molecular complexity index is 298. The minimum atomic E-state index is 0.0311. The molecule has 0 saturated heterocycles. The molecule has 1 aromatic heterocycles. The quantitative estimate of drug-likeness (QED) is 0.527. The van der Waals surface area contributed by atoms with E-state index in [1.54, 1.807) is 11.3 Å². The molecule has 1 aromatic rings. The number of carbonyl (C=O) groups is 2. The lowest BCUT2D eigenvalue weighted by Crippen LogP contribution is -2.28. The molecule has 0 unspecified atom stereocenters. The van der Waals surface area contributed by atoms with Gasteiger partial charge >= 0.3 is 0 Å². The molecule has 0 aromatic carbocycles. The summed E-state index contributed by atoms with van der Waals surface area (Å²) in [6.45, 7) is 1.20. The Morgan fingerprint density at radius 2 is 2.33 bits per heavy atom. The molecular formula is C10H14N2O2S. The van der Waals surface area contributed by atoms with Crippen LogP contribution >= 0.6 is 11.3 Å². The zero-order chi connectivity index (χ0) is 10.9. The van der Waals surface area contributed by atoms with Crippen molar-refractivity contribution < 1.29 is 9.59 Å². The highest BCUT2D eigenvalue weighted by Crippen LogP contribution is 2.08. The molecule has 0 aliphatic carbocycles. The van der Waals surface area contributed by atoms with E-state index in [9.17, 15) is 9.59 Å². The molecule has 0 spiro atoms. The molecule has 2 N–H and O–H groups in total. The molecule has 0 aliphatic rings. The fourth-order valence-corrected chi connectivity index (χ4v) is 1.81. The molecule has 0 atom stereocenters. The smallest absolute Gasteiger partial charge is 0.225 e. The zero-order valence-electron chi connectivity index (χ0n) is 8.36. The highest BCUT2D eigenvalue weighted by Gasteiger charge is 2.02. The normalized spacial score (nSPS) is 9.60. The molecule has 2 amide bonds. The highest BCUT2D eigenvalue weighted by molar-refractivity contribution is 7.10. The summed E-state index contributed by atoms with van der Waals surface area (Å²) >= 11 is 1.58. The van der Waals surface area contributed by atoms with Gasteiger partial charge in [0, 0.05) is 18.0 Å². The SMILES string of the molecule is O=CNCCCNC(=O)Cc1cccs1. The Labute approximate surface area is 92.7 Å². The van der Waals surface area contributed by atoms with Crippen LogP contribution in [-0.4, -0.2) is 25.4 Å². The van der Waals surface area contributed by atoms with Crippen molar-refractivity contribution in [3.05, 3.63) is 22.4 Å². The first kappa shape index (κ1) is 11.7. The fraction of sp³-hybridized carbons (Fsp3) is 0.400. The van der Waals surface area contributed by atoms with E-state index in [4.69, 9.17) is 0 Å². The predicted molar refractivity (Wildman–Crippen MR) is 59.7 cm³/mol. The molecule has 0 radical (unpaired) electrons. The summed E-state index contributed by atoms with van der Waals surface area (Å²) in [4.78, 5) is 22.3. The monoisotopic (exact) mass is 226 g/mol. The summed E-state index contributed by atoms with van der Waals surface area (Å²) in [5, 5.41) is 7.28. The third-order valence-electron chi connectivity index (χ3n) is 1.82. The van der Waals surface area contributed by atoms with Crippen LogP contribution in [-0.2, 0) is 16.0 Å². The van der Waals surface area contributed by atoms with Crippen molar-refractivity contribution in [2.24, 2.45) is 0 Å². The largest absolute Gasteiger partial charge is 0.359 e. The molecule has 1 heterocycles. The second-order valence-electron chi connectivity index (χ2n) is 3.03. The van der Waals surface area contributed by atoms with Gasteiger partial charge in [0.05, 0.1) is 6.42 Å². The first-order chi connectivity index (χ1) is 7.33. The van der Waals surface area contributed by atoms with Gasteiger partial charge in [-0.15, -0.1) is 11.3 Å². The van der Waals surface area contributed by atoms with Gasteiger partial charge in [-0.05, 0) is 17.9 Å². The summed E-state index contributed by atoms with van der Waals surface area (Å²) in [5.74, 6) is 0.0311. The lowest BCUT2D eigenvalue weighted by atomic mass is 10.3. The first-order valence-corrected chi connectivity index (χ1v) is 5.67. The van der Waals surface area contributed by atoms with E-state index in [1.165, 1.54) is 0 Å². The van der Waals surface area contributed by atoms with Crippen molar-refractivity contribution in [3.8, 4) is 0 Å². The van der Waals surface area contributed by atoms with Gasteiger partial charge in [-0.1, -0.05) is 6.07 Å². The molecule has 5 heteroatoms. The van der Waals surface area contributed by atoms with Gasteiger partial charge in [0.15, 0.2) is 0 Å². The first-order valence-electron chi connectivity index (χ1n) is 4.79. The number of hydrogen-bond acceptors (Lipinski definition) is 3. The van der Waals surface area contributed by atoms with Crippen LogP contribution in [0.1, 0.15) is 11.3 Å². The van der Waals surface area contributed by atoms with E-state index in [0.29, 0.717) is 25.9 Å². The topological polar surface area (TPSA) is 58.2 Å². The van der Waals surface area contributed by atoms with Gasteiger partial charge in [0.1, 0.15) is 0 Å². The van der Waals surface area contributed by atoms with E-state index in [2.05, 4.69) is 10.6 Å². The van der Waals surface area contributed by atoms with Crippen LogP contribution < -0.4 is 10.6 Å². The second kappa shape index (κ2) is 7.00. The number of rotatable bonds is 7. The molecule has 1 rings (SSSR count). The molecule has 82 valence electrons. The molecular weight excluding hydrogens is 212 g/mol. The van der Waals surface area contributed by atoms with E-state index < -0.39 is 0 Å². The summed E-state index contributed by atoms with van der Waals surface area (Å²) in [6.07, 6.45) is 1.86. The Morgan fingerprint density at radius 3 is 3.00 bits per heavy atom. The zero-order valence-corrected chi connectivity index (χ0v) is 9.18. The Kier molecular flexibility index (Phi) is 5.47. The van der Waals surface area contributed by atoms with Crippen molar-refractivity contribution in [1.82, 2.24) is 10.6 Å². The summed E-state index contributed by atoms with van der Waals surface area (Å²) < 4.78 is 0. The summed E-state index contributed by atoms with van der Waals surface area (Å²) in [5.41, 5.74) is 0. The van der Waals surface area contributed by atoms with Crippen molar-refractivity contribution in [2.75, 3.05) is 13.1 Å². The van der Waals surface area contributed by atoms with Gasteiger partial charge in [-0.25, -0.2) is 0 Å². The van der Waals surface area contributed by atoms with Crippen LogP contribution in [0.4, 0.5) is 0 Å². The maximum absolute atomic E-state index is 11.3. The van der Waals surface area contributed by atoms with Crippen molar-refractivity contribution in [2.45, 2.75) is 12.8 Å². The van der Waals surface area contributed by atoms with Crippen LogP contribution in [0, 0.1) is 0 Å². The lowest BCUT2D eigenvalue weighted by Gasteiger charge is -2.03. The number of carbonyl (C=O) groups excluding carboxylic acids is 2. The third kappa shape index (κ3) is 5.17. The van der Waals surface area contributed by atoms with Gasteiger partial charge in [-0.2, -0.15) is 0 Å². The molecule has 0 saturated carbocycles. The lowest BCUT2D eigenvalue weighted by molar-refractivity contribution is -0.120. The van der Waals surface area contributed by atoms with Crippen LogP contribution in [0.15, 0.2) is 17.5 Å². The minimum Gasteiger partial charge on any atom is -0.359 e. The van der Waals surface area contributed by atoms with E-state index in [-0.39, 0.29) is 5.91 Å². The second-order valence-corrected chi connectivity index (χ2v) is 4.06. The molecule has 15 heavy (non-hydrogen) atoms. The van der Waals surface area contributed by atoms with Crippen LogP contribution in [0.25, 0.3) is 0 Å². The number of hydrogen-bond donors (Lipinski definition) is 2. The van der Waals surface area contributed by atoms with Crippen molar-refractivity contribution >= 4 is 23.7 Å². The minimum absolute atomic E-state index is 0.0311. The summed E-state index contributed by atoms with van der Waals surface area (Å²) in [6, 6.07) is 3.87. The number of nitrogens with one attached hydrogen (secondary N) is 2. The highest BCUT2D eigenvalue weighted by atomic mass is 32.1. The van der Waals surface area contributed by atoms with Gasteiger partial charge in [0.25, 0.3) is 0 Å². The van der Waals surface area contributed by atoms with E-state index in [1.807, 2.05) is 17.5 Å². The van der Waals surface area contributed by atoms with Gasteiger partial charge in [-0.3, -0.25) is 9.59 Å².